The summed E-state index contributed by atoms with van der Waals surface area (Å²) in [6, 6.07) is 5.63. The van der Waals surface area contributed by atoms with E-state index >= 15 is 0 Å². The molecule has 0 radical (unpaired) electrons. The Hall–Kier alpha value is -3.48. The van der Waals surface area contributed by atoms with Crippen molar-refractivity contribution in [2.24, 2.45) is 11.8 Å². The van der Waals surface area contributed by atoms with Gasteiger partial charge in [0.1, 0.15) is 17.4 Å². The molecule has 11 nitrogen and oxygen atoms in total. The molecule has 1 aromatic heterocycles. The second-order valence-electron chi connectivity index (χ2n) is 14.8. The van der Waals surface area contributed by atoms with E-state index in [1.807, 2.05) is 23.1 Å². The number of carbonyl (C=O) groups excluding carboxylic acids is 2. The third kappa shape index (κ3) is 7.29. The fraction of sp³-hybridized carbons (Fsp3) is 0.605. The summed E-state index contributed by atoms with van der Waals surface area (Å²) in [5.74, 6) is 0.620. The summed E-state index contributed by atoms with van der Waals surface area (Å²) < 4.78 is 40.5. The van der Waals surface area contributed by atoms with Crippen molar-refractivity contribution in [2.45, 2.75) is 113 Å². The second-order valence-corrected chi connectivity index (χ2v) is 16.8. The molecule has 4 bridgehead atoms. The van der Waals surface area contributed by atoms with E-state index in [1.54, 1.807) is 19.4 Å². The highest BCUT2D eigenvalue weighted by Crippen LogP contribution is 2.46. The van der Waals surface area contributed by atoms with Gasteiger partial charge in [0.2, 0.25) is 21.8 Å². The van der Waals surface area contributed by atoms with E-state index < -0.39 is 39.0 Å². The van der Waals surface area contributed by atoms with Gasteiger partial charge >= 0.3 is 0 Å². The Bertz CT molecular complexity index is 1740. The molecule has 1 aromatic carbocycles. The van der Waals surface area contributed by atoms with Crippen molar-refractivity contribution in [2.75, 3.05) is 20.2 Å². The van der Waals surface area contributed by atoms with Gasteiger partial charge in [0.25, 0.3) is 5.91 Å². The van der Waals surface area contributed by atoms with Crippen LogP contribution in [0, 0.1) is 11.8 Å². The molecule has 7 rings (SSSR count). The predicted octanol–water partition coefficient (Wildman–Crippen LogP) is 4.82. The maximum absolute atomic E-state index is 14.8. The van der Waals surface area contributed by atoms with Crippen LogP contribution in [-0.2, 0) is 19.6 Å². The molecule has 5 aliphatic rings. The highest BCUT2D eigenvalue weighted by Gasteiger charge is 2.62. The van der Waals surface area contributed by atoms with E-state index in [4.69, 9.17) is 9.47 Å². The van der Waals surface area contributed by atoms with Crippen molar-refractivity contribution in [1.82, 2.24) is 25.2 Å². The van der Waals surface area contributed by atoms with E-state index in [1.165, 1.54) is 6.42 Å². The van der Waals surface area contributed by atoms with E-state index in [2.05, 4.69) is 39.1 Å². The molecule has 3 N–H and O–H groups in total. The predicted molar refractivity (Wildman–Crippen MR) is 193 cm³/mol. The molecule has 2 amide bonds. The lowest BCUT2D eigenvalue weighted by Gasteiger charge is -2.36. The van der Waals surface area contributed by atoms with Crippen LogP contribution in [0.5, 0.6) is 11.6 Å². The minimum atomic E-state index is -3.76. The first-order valence-electron chi connectivity index (χ1n) is 18.5. The highest BCUT2D eigenvalue weighted by molar-refractivity contribution is 7.91. The van der Waals surface area contributed by atoms with Gasteiger partial charge in [0.15, 0.2) is 0 Å². The molecule has 1 saturated heterocycles. The first-order chi connectivity index (χ1) is 24.2. The zero-order valence-electron chi connectivity index (χ0n) is 29.1. The number of rotatable bonds is 8. The number of allylic oxidation sites excluding steroid dienone is 1. The highest BCUT2D eigenvalue weighted by atomic mass is 32.2. The molecule has 3 aliphatic carbocycles. The van der Waals surface area contributed by atoms with Crippen molar-refractivity contribution in [1.29, 1.82) is 0 Å². The van der Waals surface area contributed by atoms with Gasteiger partial charge in [-0.05, 0) is 87.4 Å². The summed E-state index contributed by atoms with van der Waals surface area (Å²) in [4.78, 5) is 35.0. The van der Waals surface area contributed by atoms with Crippen LogP contribution in [0.25, 0.3) is 16.8 Å². The maximum atomic E-state index is 14.8. The average molecular weight is 706 g/mol. The van der Waals surface area contributed by atoms with Crippen LogP contribution in [0.4, 0.5) is 0 Å². The van der Waals surface area contributed by atoms with Crippen LogP contribution in [0.15, 0.2) is 43.1 Å². The van der Waals surface area contributed by atoms with E-state index in [0.29, 0.717) is 38.1 Å². The molecule has 2 aromatic rings. The van der Waals surface area contributed by atoms with E-state index in [9.17, 15) is 18.0 Å². The Morgan fingerprint density at radius 3 is 2.68 bits per heavy atom. The molecule has 2 aliphatic heterocycles. The van der Waals surface area contributed by atoms with Crippen LogP contribution in [0.3, 0.4) is 0 Å². The van der Waals surface area contributed by atoms with Crippen molar-refractivity contribution in [3.8, 4) is 11.6 Å². The third-order valence-corrected chi connectivity index (χ3v) is 13.1. The molecule has 4 fully saturated rings. The van der Waals surface area contributed by atoms with Crippen molar-refractivity contribution < 1.29 is 27.5 Å². The number of amides is 2. The molecule has 0 spiro atoms. The number of fused-ring (bicyclic) bond motifs is 3. The number of benzene rings is 1. The Morgan fingerprint density at radius 1 is 1.14 bits per heavy atom. The molecule has 50 heavy (non-hydrogen) atoms. The summed E-state index contributed by atoms with van der Waals surface area (Å²) in [7, 11) is -2.09. The average Bonchev–Trinajstić information content (AvgIpc) is 4.04. The van der Waals surface area contributed by atoms with Gasteiger partial charge in [-0.3, -0.25) is 19.6 Å². The fourth-order valence-corrected chi connectivity index (χ4v) is 9.55. The van der Waals surface area contributed by atoms with Gasteiger partial charge in [0.05, 0.1) is 31.1 Å². The van der Waals surface area contributed by atoms with Crippen molar-refractivity contribution in [3.63, 3.8) is 0 Å². The topological polar surface area (TPSA) is 139 Å². The van der Waals surface area contributed by atoms with E-state index in [0.717, 1.165) is 80.0 Å². The molecule has 0 unspecified atom stereocenters. The number of nitrogens with zero attached hydrogens (tertiary/aromatic N) is 2. The van der Waals surface area contributed by atoms with Crippen LogP contribution >= 0.6 is 0 Å². The number of hydrogen-bond acceptors (Lipinski definition) is 9. The molecular formula is C38H51N5O6S. The van der Waals surface area contributed by atoms with Crippen LogP contribution in [-0.4, -0.2) is 79.4 Å². The summed E-state index contributed by atoms with van der Waals surface area (Å²) >= 11 is 0. The van der Waals surface area contributed by atoms with Crippen LogP contribution in [0.2, 0.25) is 0 Å². The van der Waals surface area contributed by atoms with Crippen LogP contribution < -0.4 is 24.8 Å². The van der Waals surface area contributed by atoms with E-state index in [-0.39, 0.29) is 23.8 Å². The lowest BCUT2D eigenvalue weighted by molar-refractivity contribution is -0.138. The maximum Gasteiger partial charge on any atom is 0.254 e. The molecule has 12 heteroatoms. The SMILES string of the molecule is C=C[C@@H]1C[C@]1(N[C@@H]1C[C@@H]2CN1C(=O)[C@H](C1CCCCC1)NCCCCC/C=C/c1cc3c(nccc3cc1OC)O2)C(=O)NS(=O)(=O)C1CC1. The van der Waals surface area contributed by atoms with Gasteiger partial charge in [0, 0.05) is 29.5 Å². The van der Waals surface area contributed by atoms with Crippen molar-refractivity contribution >= 4 is 38.7 Å². The monoisotopic (exact) mass is 705 g/mol. The molecular weight excluding hydrogens is 655 g/mol. The number of sulfonamides is 1. The van der Waals surface area contributed by atoms with Crippen molar-refractivity contribution in [3.05, 3.63) is 48.7 Å². The number of aromatic nitrogens is 1. The zero-order chi connectivity index (χ0) is 34.9. The first-order valence-corrected chi connectivity index (χ1v) is 20.1. The zero-order valence-corrected chi connectivity index (χ0v) is 29.9. The minimum Gasteiger partial charge on any atom is -0.496 e. The summed E-state index contributed by atoms with van der Waals surface area (Å²) in [6.45, 7) is 4.98. The molecule has 270 valence electrons. The minimum absolute atomic E-state index is 0.000542. The quantitative estimate of drug-likeness (QED) is 0.330. The first kappa shape index (κ1) is 34.9. The second kappa shape index (κ2) is 14.6. The van der Waals surface area contributed by atoms with Crippen LogP contribution in [0.1, 0.15) is 89.0 Å². The molecule has 3 saturated carbocycles. The third-order valence-electron chi connectivity index (χ3n) is 11.3. The Kier molecular flexibility index (Phi) is 10.2. The Labute approximate surface area is 295 Å². The van der Waals surface area contributed by atoms with Gasteiger partial charge in [-0.1, -0.05) is 43.9 Å². The Balaban J connectivity index is 1.23. The smallest absolute Gasteiger partial charge is 0.254 e. The number of methoxy groups -OCH3 is 1. The summed E-state index contributed by atoms with van der Waals surface area (Å²) in [5, 5.41) is 8.44. The number of hydrogen-bond donors (Lipinski definition) is 3. The normalized spacial score (nSPS) is 30.3. The van der Waals surface area contributed by atoms with Gasteiger partial charge in [-0.25, -0.2) is 13.4 Å². The summed E-state index contributed by atoms with van der Waals surface area (Å²) in [6.07, 6.45) is 18.0. The summed E-state index contributed by atoms with van der Waals surface area (Å²) in [5.41, 5.74) is -0.239. The molecule has 3 heterocycles. The van der Waals surface area contributed by atoms with Gasteiger partial charge in [-0.15, -0.1) is 6.58 Å². The molecule has 5 atom stereocenters. The lowest BCUT2D eigenvalue weighted by atomic mass is 9.83. The number of nitrogens with one attached hydrogen (secondary N) is 3. The number of ether oxygens (including phenoxy) is 2. The number of pyridine rings is 1. The van der Waals surface area contributed by atoms with Gasteiger partial charge < -0.3 is 19.7 Å². The largest absolute Gasteiger partial charge is 0.496 e. The number of carbonyl (C=O) groups is 2. The fourth-order valence-electron chi connectivity index (χ4n) is 8.19. The standard InChI is InChI=1S/C38H51N5O6S/c1-3-28-23-38(28,37(45)42-50(46,47)30-15-16-30)41-33-22-29-24-43(33)36(44)34(25-12-9-7-10-13-25)39-18-11-6-4-5-8-14-27-20-31-26(21-32(27)48-2)17-19-40-35(31)49-29/h3,8,14,17,19-21,25,28-30,33-34,39,41H,1,4-7,9-13,15-16,18,22-24H2,2H3,(H,42,45)/b14-8+/t28-,29-,33+,34+,38-/m1/s1. The van der Waals surface area contributed by atoms with Gasteiger partial charge in [-0.2, -0.15) is 0 Å². The Morgan fingerprint density at radius 2 is 1.94 bits per heavy atom. The lowest BCUT2D eigenvalue weighted by Crippen LogP contribution is -2.60.